The molecule has 5 heteroatoms. The van der Waals surface area contributed by atoms with Crippen LogP contribution < -0.4 is 4.90 Å². The summed E-state index contributed by atoms with van der Waals surface area (Å²) in [6.07, 6.45) is -0.412. The summed E-state index contributed by atoms with van der Waals surface area (Å²) in [5, 5.41) is 10.8. The average Bonchev–Trinajstić information content (AvgIpc) is 2.81. The number of nitrogens with zero attached hydrogens (tertiary/aromatic N) is 3. The summed E-state index contributed by atoms with van der Waals surface area (Å²) < 4.78 is 0. The molecule has 120 valence electrons. The molecular formula is C18H21N3OS. The molecule has 2 aromatic heterocycles. The molecule has 0 saturated carbocycles. The Hall–Kier alpha value is -1.98. The van der Waals surface area contributed by atoms with Crippen LogP contribution in [-0.4, -0.2) is 34.8 Å². The van der Waals surface area contributed by atoms with Gasteiger partial charge < -0.3 is 10.0 Å². The third kappa shape index (κ3) is 3.07. The van der Waals surface area contributed by atoms with Crippen molar-refractivity contribution in [2.24, 2.45) is 0 Å². The first kappa shape index (κ1) is 15.9. The lowest BCUT2D eigenvalue weighted by molar-refractivity contribution is 0.201. The van der Waals surface area contributed by atoms with Gasteiger partial charge in [-0.15, -0.1) is 11.3 Å². The number of hydrogen-bond donors (Lipinski definition) is 1. The fourth-order valence-electron chi connectivity index (χ4n) is 2.70. The third-order valence-corrected chi connectivity index (χ3v) is 5.04. The van der Waals surface area contributed by atoms with E-state index in [1.807, 2.05) is 42.3 Å². The van der Waals surface area contributed by atoms with Crippen molar-refractivity contribution in [2.45, 2.75) is 26.9 Å². The lowest BCUT2D eigenvalue weighted by Crippen LogP contribution is -2.28. The standard InChI is InChI=1S/C18H21N3OS/c1-11(22)10-21(4)17-15-12(2)13(3)23-18(15)20-16(19-17)14-8-6-5-7-9-14/h5-9,11,22H,10H2,1-4H3/t11-/m1/s1. The zero-order valence-electron chi connectivity index (χ0n) is 13.9. The highest BCUT2D eigenvalue weighted by Gasteiger charge is 2.18. The van der Waals surface area contributed by atoms with Crippen LogP contribution in [0.15, 0.2) is 30.3 Å². The van der Waals surface area contributed by atoms with E-state index in [2.05, 4.69) is 13.8 Å². The van der Waals surface area contributed by atoms with Gasteiger partial charge in [-0.1, -0.05) is 30.3 Å². The molecule has 4 nitrogen and oxygen atoms in total. The molecule has 0 unspecified atom stereocenters. The number of aromatic nitrogens is 2. The number of likely N-dealkylation sites (N-methyl/N-ethyl adjacent to an activating group) is 1. The lowest BCUT2D eigenvalue weighted by atomic mass is 10.1. The van der Waals surface area contributed by atoms with Gasteiger partial charge in [-0.2, -0.15) is 0 Å². The molecular weight excluding hydrogens is 306 g/mol. The summed E-state index contributed by atoms with van der Waals surface area (Å²) in [7, 11) is 1.97. The van der Waals surface area contributed by atoms with E-state index in [1.54, 1.807) is 18.3 Å². The average molecular weight is 327 g/mol. The van der Waals surface area contributed by atoms with Crippen molar-refractivity contribution < 1.29 is 5.11 Å². The zero-order chi connectivity index (χ0) is 16.6. The maximum absolute atomic E-state index is 9.73. The smallest absolute Gasteiger partial charge is 0.163 e. The van der Waals surface area contributed by atoms with Crippen LogP contribution >= 0.6 is 11.3 Å². The number of aryl methyl sites for hydroxylation is 2. The number of aliphatic hydroxyl groups is 1. The molecule has 2 heterocycles. The van der Waals surface area contributed by atoms with Crippen LogP contribution in [0.3, 0.4) is 0 Å². The zero-order valence-corrected chi connectivity index (χ0v) is 14.7. The third-order valence-electron chi connectivity index (χ3n) is 3.94. The number of anilines is 1. The number of benzene rings is 1. The Bertz CT molecular complexity index is 827. The predicted molar refractivity (Wildman–Crippen MR) is 97.3 cm³/mol. The van der Waals surface area contributed by atoms with E-state index >= 15 is 0 Å². The number of thiophene rings is 1. The van der Waals surface area contributed by atoms with E-state index in [0.717, 1.165) is 27.4 Å². The van der Waals surface area contributed by atoms with Crippen LogP contribution in [0.1, 0.15) is 17.4 Å². The van der Waals surface area contributed by atoms with Crippen molar-refractivity contribution in [3.63, 3.8) is 0 Å². The molecule has 0 saturated heterocycles. The lowest BCUT2D eigenvalue weighted by Gasteiger charge is -2.21. The van der Waals surface area contributed by atoms with Crippen LogP contribution in [0, 0.1) is 13.8 Å². The molecule has 1 atom stereocenters. The summed E-state index contributed by atoms with van der Waals surface area (Å²) in [6.45, 7) is 6.55. The highest BCUT2D eigenvalue weighted by Crippen LogP contribution is 2.36. The van der Waals surface area contributed by atoms with E-state index in [1.165, 1.54) is 10.4 Å². The molecule has 0 radical (unpaired) electrons. The van der Waals surface area contributed by atoms with Gasteiger partial charge in [0, 0.05) is 24.0 Å². The van der Waals surface area contributed by atoms with Crippen LogP contribution in [0.2, 0.25) is 0 Å². The fraction of sp³-hybridized carbons (Fsp3) is 0.333. The number of fused-ring (bicyclic) bond motifs is 1. The predicted octanol–water partition coefficient (Wildman–Crippen LogP) is 3.79. The van der Waals surface area contributed by atoms with E-state index in [9.17, 15) is 5.11 Å². The van der Waals surface area contributed by atoms with E-state index in [-0.39, 0.29) is 0 Å². The summed E-state index contributed by atoms with van der Waals surface area (Å²) in [5.74, 6) is 1.61. The molecule has 0 spiro atoms. The second-order valence-electron chi connectivity index (χ2n) is 5.93. The first-order valence-corrected chi connectivity index (χ1v) is 8.51. The Morgan fingerprint density at radius 2 is 1.87 bits per heavy atom. The topological polar surface area (TPSA) is 49.2 Å². The van der Waals surface area contributed by atoms with Crippen molar-refractivity contribution in [3.05, 3.63) is 40.8 Å². The second kappa shape index (κ2) is 6.26. The molecule has 3 rings (SSSR count). The minimum absolute atomic E-state index is 0.412. The van der Waals surface area contributed by atoms with Gasteiger partial charge in [0.25, 0.3) is 0 Å². The molecule has 3 aromatic rings. The van der Waals surface area contributed by atoms with Crippen molar-refractivity contribution in [1.82, 2.24) is 9.97 Å². The second-order valence-corrected chi connectivity index (χ2v) is 7.13. The normalized spacial score (nSPS) is 12.6. The first-order valence-electron chi connectivity index (χ1n) is 7.69. The highest BCUT2D eigenvalue weighted by atomic mass is 32.1. The van der Waals surface area contributed by atoms with Gasteiger partial charge in [-0.05, 0) is 26.3 Å². The van der Waals surface area contributed by atoms with Crippen molar-refractivity contribution in [1.29, 1.82) is 0 Å². The number of rotatable bonds is 4. The molecule has 0 aliphatic rings. The van der Waals surface area contributed by atoms with Crippen LogP contribution in [0.4, 0.5) is 5.82 Å². The van der Waals surface area contributed by atoms with Crippen LogP contribution in [0.25, 0.3) is 21.6 Å². The monoisotopic (exact) mass is 327 g/mol. The number of hydrogen-bond acceptors (Lipinski definition) is 5. The molecule has 23 heavy (non-hydrogen) atoms. The summed E-state index contributed by atoms with van der Waals surface area (Å²) >= 11 is 1.70. The summed E-state index contributed by atoms with van der Waals surface area (Å²) in [5.41, 5.74) is 2.22. The Labute approximate surface area is 140 Å². The van der Waals surface area contributed by atoms with Crippen molar-refractivity contribution in [2.75, 3.05) is 18.5 Å². The van der Waals surface area contributed by atoms with E-state index in [4.69, 9.17) is 9.97 Å². The Kier molecular flexibility index (Phi) is 4.33. The van der Waals surface area contributed by atoms with Crippen molar-refractivity contribution in [3.8, 4) is 11.4 Å². The van der Waals surface area contributed by atoms with Crippen LogP contribution in [-0.2, 0) is 0 Å². The molecule has 0 amide bonds. The fourth-order valence-corrected chi connectivity index (χ4v) is 3.73. The highest BCUT2D eigenvalue weighted by molar-refractivity contribution is 7.18. The number of aliphatic hydroxyl groups excluding tert-OH is 1. The maximum Gasteiger partial charge on any atom is 0.163 e. The van der Waals surface area contributed by atoms with Gasteiger partial charge in [0.05, 0.1) is 11.5 Å². The molecule has 1 aromatic carbocycles. The van der Waals surface area contributed by atoms with Gasteiger partial charge in [0.1, 0.15) is 10.6 Å². The first-order chi connectivity index (χ1) is 11.0. The van der Waals surface area contributed by atoms with Crippen molar-refractivity contribution >= 4 is 27.4 Å². The molecule has 0 bridgehead atoms. The molecule has 1 N–H and O–H groups in total. The molecule has 0 aliphatic carbocycles. The van der Waals surface area contributed by atoms with E-state index in [0.29, 0.717) is 6.54 Å². The Balaban J connectivity index is 2.22. The quantitative estimate of drug-likeness (QED) is 0.792. The Morgan fingerprint density at radius 3 is 2.52 bits per heavy atom. The molecule has 0 fully saturated rings. The Morgan fingerprint density at radius 1 is 1.17 bits per heavy atom. The van der Waals surface area contributed by atoms with Gasteiger partial charge in [0.15, 0.2) is 5.82 Å². The van der Waals surface area contributed by atoms with Gasteiger partial charge in [-0.25, -0.2) is 9.97 Å². The SMILES string of the molecule is Cc1sc2nc(-c3ccccc3)nc(N(C)C[C@@H](C)O)c2c1C. The van der Waals surface area contributed by atoms with E-state index < -0.39 is 6.10 Å². The largest absolute Gasteiger partial charge is 0.392 e. The van der Waals surface area contributed by atoms with Gasteiger partial charge >= 0.3 is 0 Å². The van der Waals surface area contributed by atoms with Gasteiger partial charge in [-0.3, -0.25) is 0 Å². The minimum Gasteiger partial charge on any atom is -0.392 e. The van der Waals surface area contributed by atoms with Crippen LogP contribution in [0.5, 0.6) is 0 Å². The summed E-state index contributed by atoms with van der Waals surface area (Å²) in [4.78, 5) is 13.8. The van der Waals surface area contributed by atoms with Gasteiger partial charge in [0.2, 0.25) is 0 Å². The molecule has 0 aliphatic heterocycles. The maximum atomic E-state index is 9.73. The summed E-state index contributed by atoms with van der Waals surface area (Å²) in [6, 6.07) is 10.0. The minimum atomic E-state index is -0.412.